The van der Waals surface area contributed by atoms with Crippen molar-refractivity contribution in [3.05, 3.63) is 29.0 Å². The lowest BCUT2D eigenvalue weighted by Crippen LogP contribution is -2.14. The Morgan fingerprint density at radius 2 is 2.19 bits per heavy atom. The summed E-state index contributed by atoms with van der Waals surface area (Å²) in [5, 5.41) is 4.25. The molecule has 1 aromatic heterocycles. The molecule has 1 heterocycles. The van der Waals surface area contributed by atoms with Crippen LogP contribution in [0.15, 0.2) is 29.0 Å². The highest BCUT2D eigenvalue weighted by atomic mass is 79.9. The van der Waals surface area contributed by atoms with Crippen molar-refractivity contribution in [1.82, 2.24) is 14.8 Å². The van der Waals surface area contributed by atoms with Crippen LogP contribution >= 0.6 is 15.9 Å². The van der Waals surface area contributed by atoms with Gasteiger partial charge in [0, 0.05) is 12.0 Å². The van der Waals surface area contributed by atoms with Crippen LogP contribution in [0.4, 0.5) is 0 Å². The monoisotopic (exact) mass is 351 g/mol. The van der Waals surface area contributed by atoms with Gasteiger partial charge in [-0.05, 0) is 34.0 Å². The summed E-state index contributed by atoms with van der Waals surface area (Å²) in [5.74, 6) is 1.88. The molecule has 5 nitrogen and oxygen atoms in total. The average molecular weight is 352 g/mol. The number of carbonyl (C=O) groups excluding carboxylic acids is 1. The molecule has 0 saturated heterocycles. The van der Waals surface area contributed by atoms with Crippen LogP contribution < -0.4 is 4.74 Å². The molecule has 0 N–H and O–H groups in total. The highest BCUT2D eigenvalue weighted by molar-refractivity contribution is 9.10. The number of ether oxygens (including phenoxy) is 1. The molecule has 0 saturated carbocycles. The van der Waals surface area contributed by atoms with Gasteiger partial charge in [0.15, 0.2) is 11.6 Å². The van der Waals surface area contributed by atoms with Crippen molar-refractivity contribution in [2.24, 2.45) is 5.92 Å². The van der Waals surface area contributed by atoms with Gasteiger partial charge in [-0.25, -0.2) is 9.67 Å². The van der Waals surface area contributed by atoms with Gasteiger partial charge < -0.3 is 4.74 Å². The molecule has 0 fully saturated rings. The van der Waals surface area contributed by atoms with Crippen molar-refractivity contribution in [1.29, 1.82) is 0 Å². The lowest BCUT2D eigenvalue weighted by molar-refractivity contribution is -0.120. The number of halogens is 1. The second kappa shape index (κ2) is 6.85. The normalized spacial score (nSPS) is 10.9. The smallest absolute Gasteiger partial charge is 0.217 e. The minimum Gasteiger partial charge on any atom is -0.497 e. The minimum absolute atomic E-state index is 0.145. The summed E-state index contributed by atoms with van der Waals surface area (Å²) >= 11 is 3.27. The van der Waals surface area contributed by atoms with E-state index < -0.39 is 0 Å². The number of hydrogen-bond donors (Lipinski definition) is 0. The summed E-state index contributed by atoms with van der Waals surface area (Å²) in [6.45, 7) is 4.28. The Morgan fingerprint density at radius 3 is 2.86 bits per heavy atom. The van der Waals surface area contributed by atoms with E-state index in [9.17, 15) is 4.79 Å². The first-order valence-corrected chi connectivity index (χ1v) is 7.55. The van der Waals surface area contributed by atoms with Crippen molar-refractivity contribution in [3.8, 4) is 17.1 Å². The van der Waals surface area contributed by atoms with E-state index in [4.69, 9.17) is 4.74 Å². The number of nitrogens with zero attached hydrogens (tertiary/aromatic N) is 3. The number of benzene rings is 1. The molecule has 0 amide bonds. The van der Waals surface area contributed by atoms with Gasteiger partial charge in [-0.15, -0.1) is 5.10 Å². The fourth-order valence-corrected chi connectivity index (χ4v) is 2.45. The second-order valence-corrected chi connectivity index (χ2v) is 5.94. The van der Waals surface area contributed by atoms with Gasteiger partial charge in [-0.3, -0.25) is 4.79 Å². The number of aromatic nitrogens is 3. The Balaban J connectivity index is 2.29. The molecule has 1 aromatic carbocycles. The molecule has 0 aliphatic rings. The maximum atomic E-state index is 12.0. The predicted molar refractivity (Wildman–Crippen MR) is 84.2 cm³/mol. The number of rotatable bonds is 6. The minimum atomic E-state index is 0.145. The van der Waals surface area contributed by atoms with Gasteiger partial charge in [-0.2, -0.15) is 0 Å². The fourth-order valence-electron chi connectivity index (χ4n) is 2.09. The van der Waals surface area contributed by atoms with E-state index in [1.165, 1.54) is 0 Å². The van der Waals surface area contributed by atoms with Gasteiger partial charge in [0.1, 0.15) is 12.3 Å². The number of hydrogen-bond acceptors (Lipinski definition) is 4. The molecular formula is C15H18BrN3O2. The molecule has 0 atom stereocenters. The van der Waals surface area contributed by atoms with Gasteiger partial charge in [-0.1, -0.05) is 26.0 Å². The molecule has 0 unspecified atom stereocenters. The van der Waals surface area contributed by atoms with Crippen LogP contribution in [-0.2, 0) is 11.3 Å². The summed E-state index contributed by atoms with van der Waals surface area (Å²) in [4.78, 5) is 16.4. The van der Waals surface area contributed by atoms with Gasteiger partial charge in [0.25, 0.3) is 0 Å². The standard InChI is InChI=1S/C15H18BrN3O2/c1-10(2)7-12(20)9-19-14(17-15(16)18-19)11-5-4-6-13(8-11)21-3/h4-6,8,10H,7,9H2,1-3H3. The zero-order valence-corrected chi connectivity index (χ0v) is 13.9. The molecule has 2 aromatic rings. The molecule has 0 radical (unpaired) electrons. The first-order valence-electron chi connectivity index (χ1n) is 6.76. The zero-order chi connectivity index (χ0) is 15.4. The summed E-state index contributed by atoms with van der Waals surface area (Å²) in [6, 6.07) is 7.54. The Labute approximate surface area is 132 Å². The van der Waals surface area contributed by atoms with Crippen molar-refractivity contribution < 1.29 is 9.53 Å². The van der Waals surface area contributed by atoms with E-state index in [-0.39, 0.29) is 12.3 Å². The van der Waals surface area contributed by atoms with E-state index in [0.29, 0.717) is 22.9 Å². The van der Waals surface area contributed by atoms with Gasteiger partial charge in [0.2, 0.25) is 4.73 Å². The number of Topliss-reactive ketones (excluding diaryl/α,β-unsaturated/α-hetero) is 1. The average Bonchev–Trinajstić information content (AvgIpc) is 2.78. The largest absolute Gasteiger partial charge is 0.497 e. The van der Waals surface area contributed by atoms with Crippen LogP contribution in [-0.4, -0.2) is 27.7 Å². The highest BCUT2D eigenvalue weighted by Gasteiger charge is 2.15. The third kappa shape index (κ3) is 4.14. The Hall–Kier alpha value is -1.69. The SMILES string of the molecule is COc1cccc(-c2nc(Br)nn2CC(=O)CC(C)C)c1. The van der Waals surface area contributed by atoms with E-state index in [1.807, 2.05) is 38.1 Å². The molecule has 21 heavy (non-hydrogen) atoms. The fraction of sp³-hybridized carbons (Fsp3) is 0.400. The van der Waals surface area contributed by atoms with E-state index in [1.54, 1.807) is 11.8 Å². The second-order valence-electron chi connectivity index (χ2n) is 5.23. The summed E-state index contributed by atoms with van der Waals surface area (Å²) in [6.07, 6.45) is 0.537. The van der Waals surface area contributed by atoms with Crippen molar-refractivity contribution >= 4 is 21.7 Å². The maximum Gasteiger partial charge on any atom is 0.217 e. The van der Waals surface area contributed by atoms with Crippen LogP contribution in [0.3, 0.4) is 0 Å². The third-order valence-electron chi connectivity index (χ3n) is 2.94. The first-order chi connectivity index (χ1) is 9.99. The highest BCUT2D eigenvalue weighted by Crippen LogP contribution is 2.23. The number of methoxy groups -OCH3 is 1. The van der Waals surface area contributed by atoms with E-state index >= 15 is 0 Å². The van der Waals surface area contributed by atoms with Gasteiger partial charge >= 0.3 is 0 Å². The van der Waals surface area contributed by atoms with Crippen LogP contribution in [0.2, 0.25) is 0 Å². The summed E-state index contributed by atoms with van der Waals surface area (Å²) in [7, 11) is 1.62. The maximum absolute atomic E-state index is 12.0. The van der Waals surface area contributed by atoms with E-state index in [2.05, 4.69) is 26.0 Å². The Kier molecular flexibility index (Phi) is 5.12. The van der Waals surface area contributed by atoms with Crippen LogP contribution in [0.1, 0.15) is 20.3 Å². The predicted octanol–water partition coefficient (Wildman–Crippen LogP) is 3.33. The third-order valence-corrected chi connectivity index (χ3v) is 3.27. The van der Waals surface area contributed by atoms with Crippen LogP contribution in [0.25, 0.3) is 11.4 Å². The zero-order valence-electron chi connectivity index (χ0n) is 12.3. The van der Waals surface area contributed by atoms with Crippen LogP contribution in [0.5, 0.6) is 5.75 Å². The van der Waals surface area contributed by atoms with Crippen molar-refractivity contribution in [2.45, 2.75) is 26.8 Å². The number of ketones is 1. The summed E-state index contributed by atoms with van der Waals surface area (Å²) < 4.78 is 7.32. The molecular weight excluding hydrogens is 334 g/mol. The Bertz CT molecular complexity index is 638. The molecule has 0 aliphatic carbocycles. The molecule has 112 valence electrons. The lowest BCUT2D eigenvalue weighted by atomic mass is 10.1. The van der Waals surface area contributed by atoms with Gasteiger partial charge in [0.05, 0.1) is 7.11 Å². The topological polar surface area (TPSA) is 57.0 Å². The summed E-state index contributed by atoms with van der Waals surface area (Å²) in [5.41, 5.74) is 0.866. The van der Waals surface area contributed by atoms with Crippen molar-refractivity contribution in [3.63, 3.8) is 0 Å². The quantitative estimate of drug-likeness (QED) is 0.800. The van der Waals surface area contributed by atoms with Crippen molar-refractivity contribution in [2.75, 3.05) is 7.11 Å². The van der Waals surface area contributed by atoms with Crippen LogP contribution in [0, 0.1) is 5.92 Å². The molecule has 0 spiro atoms. The first kappa shape index (κ1) is 15.7. The molecule has 2 rings (SSSR count). The molecule has 0 bridgehead atoms. The number of carbonyl (C=O) groups is 1. The lowest BCUT2D eigenvalue weighted by Gasteiger charge is -2.08. The molecule has 0 aliphatic heterocycles. The Morgan fingerprint density at radius 1 is 1.43 bits per heavy atom. The van der Waals surface area contributed by atoms with E-state index in [0.717, 1.165) is 11.3 Å². The molecule has 6 heteroatoms.